The smallest absolute Gasteiger partial charge is 0.277 e. The summed E-state index contributed by atoms with van der Waals surface area (Å²) in [4.78, 5) is 15.0. The van der Waals surface area contributed by atoms with E-state index in [4.69, 9.17) is 9.47 Å². The molecule has 0 atom stereocenters. The first kappa shape index (κ1) is 24.5. The Balaban J connectivity index is 1.15. The van der Waals surface area contributed by atoms with Crippen LogP contribution in [0.5, 0.6) is 11.5 Å². The van der Waals surface area contributed by atoms with E-state index in [-0.39, 0.29) is 17.7 Å². The Kier molecular flexibility index (Phi) is 7.46. The molecule has 8 nitrogen and oxygen atoms in total. The summed E-state index contributed by atoms with van der Waals surface area (Å²) in [5, 5.41) is 11.0. The predicted molar refractivity (Wildman–Crippen MR) is 143 cm³/mol. The minimum Gasteiger partial charge on any atom is -0.497 e. The Morgan fingerprint density at radius 3 is 2.19 bits per heavy atom. The average Bonchev–Trinajstić information content (AvgIpc) is 3.40. The normalized spacial score (nSPS) is 14.3. The number of anilines is 1. The summed E-state index contributed by atoms with van der Waals surface area (Å²) < 4.78 is 13.0. The van der Waals surface area contributed by atoms with Crippen molar-refractivity contribution in [3.8, 4) is 22.6 Å². The molecule has 1 N–H and O–H groups in total. The number of piperidine rings is 1. The maximum Gasteiger partial charge on any atom is 0.277 e. The molecular weight excluding hydrogens is 466 g/mol. The number of aromatic nitrogens is 3. The Morgan fingerprint density at radius 2 is 1.54 bits per heavy atom. The molecular formula is C29H31N5O3. The van der Waals surface area contributed by atoms with Gasteiger partial charge in [-0.2, -0.15) is 0 Å². The Hall–Kier alpha value is -4.17. The van der Waals surface area contributed by atoms with Gasteiger partial charge in [0.1, 0.15) is 17.6 Å². The number of benzene rings is 3. The van der Waals surface area contributed by atoms with Crippen LogP contribution in [0, 0.1) is 0 Å². The zero-order valence-corrected chi connectivity index (χ0v) is 21.1. The lowest BCUT2D eigenvalue weighted by molar-refractivity contribution is 0.102. The largest absolute Gasteiger partial charge is 0.497 e. The van der Waals surface area contributed by atoms with Crippen LogP contribution in [0.15, 0.2) is 79.0 Å². The van der Waals surface area contributed by atoms with Gasteiger partial charge in [0.05, 0.1) is 19.9 Å². The van der Waals surface area contributed by atoms with Crippen molar-refractivity contribution in [1.29, 1.82) is 0 Å². The van der Waals surface area contributed by atoms with Crippen LogP contribution >= 0.6 is 0 Å². The van der Waals surface area contributed by atoms with Crippen LogP contribution < -0.4 is 14.8 Å². The lowest BCUT2D eigenvalue weighted by Gasteiger charge is -2.29. The summed E-state index contributed by atoms with van der Waals surface area (Å²) in [6, 6.07) is 23.6. The highest BCUT2D eigenvalue weighted by atomic mass is 16.5. The molecule has 1 amide bonds. The lowest BCUT2D eigenvalue weighted by atomic mass is 10.0. The molecule has 0 saturated carbocycles. The molecule has 4 aromatic rings. The molecule has 5 rings (SSSR count). The Morgan fingerprint density at radius 1 is 0.919 bits per heavy atom. The van der Waals surface area contributed by atoms with Gasteiger partial charge in [-0.3, -0.25) is 4.79 Å². The third-order valence-electron chi connectivity index (χ3n) is 6.57. The monoisotopic (exact) mass is 497 g/mol. The summed E-state index contributed by atoms with van der Waals surface area (Å²) in [6.07, 6.45) is 4.05. The average molecular weight is 498 g/mol. The van der Waals surface area contributed by atoms with Gasteiger partial charge in [-0.05, 0) is 73.0 Å². The van der Waals surface area contributed by atoms with E-state index in [1.165, 1.54) is 0 Å². The standard InChI is InChI=1S/C29H31N5O3/c1-33-17-15-27(16-18-33)37-26-13-7-23(8-14-26)22-5-9-24(10-6-22)30-29(35)28-20-34(32-31-28)19-21-3-11-25(36-2)12-4-21/h3-14,20,27H,15-19H2,1-2H3,(H,30,35). The second-order valence-corrected chi connectivity index (χ2v) is 9.33. The van der Waals surface area contributed by atoms with Crippen LogP contribution in [0.4, 0.5) is 5.69 Å². The quantitative estimate of drug-likeness (QED) is 0.379. The summed E-state index contributed by atoms with van der Waals surface area (Å²) in [6.45, 7) is 2.67. The van der Waals surface area contributed by atoms with Gasteiger partial charge in [0, 0.05) is 18.8 Å². The molecule has 0 unspecified atom stereocenters. The fourth-order valence-electron chi connectivity index (χ4n) is 4.36. The van der Waals surface area contributed by atoms with E-state index in [9.17, 15) is 4.79 Å². The molecule has 0 aliphatic carbocycles. The number of nitrogens with one attached hydrogen (secondary N) is 1. The maximum atomic E-state index is 12.7. The lowest BCUT2D eigenvalue weighted by Crippen LogP contribution is -2.35. The first-order chi connectivity index (χ1) is 18.1. The predicted octanol–water partition coefficient (Wildman–Crippen LogP) is 4.73. The first-order valence-electron chi connectivity index (χ1n) is 12.5. The van der Waals surface area contributed by atoms with Crippen LogP contribution in [0.2, 0.25) is 0 Å². The molecule has 2 heterocycles. The number of amides is 1. The van der Waals surface area contributed by atoms with Crippen molar-refractivity contribution >= 4 is 11.6 Å². The van der Waals surface area contributed by atoms with Crippen molar-refractivity contribution in [2.75, 3.05) is 32.6 Å². The number of carbonyl (C=O) groups excluding carboxylic acids is 1. The van der Waals surface area contributed by atoms with Crippen LogP contribution in [-0.2, 0) is 6.54 Å². The topological polar surface area (TPSA) is 81.5 Å². The highest BCUT2D eigenvalue weighted by molar-refractivity contribution is 6.02. The van der Waals surface area contributed by atoms with Crippen molar-refractivity contribution in [3.63, 3.8) is 0 Å². The Bertz CT molecular complexity index is 1310. The number of hydrogen-bond donors (Lipinski definition) is 1. The van der Waals surface area contributed by atoms with Crippen molar-refractivity contribution in [2.24, 2.45) is 0 Å². The van der Waals surface area contributed by atoms with Gasteiger partial charge in [-0.1, -0.05) is 41.6 Å². The van der Waals surface area contributed by atoms with Gasteiger partial charge in [-0.25, -0.2) is 4.68 Å². The zero-order valence-electron chi connectivity index (χ0n) is 21.1. The number of rotatable bonds is 8. The molecule has 0 radical (unpaired) electrons. The fourth-order valence-corrected chi connectivity index (χ4v) is 4.36. The van der Waals surface area contributed by atoms with Crippen molar-refractivity contribution in [1.82, 2.24) is 19.9 Å². The summed E-state index contributed by atoms with van der Waals surface area (Å²) in [5.74, 6) is 1.40. The van der Waals surface area contributed by atoms with E-state index in [0.29, 0.717) is 12.2 Å². The van der Waals surface area contributed by atoms with E-state index >= 15 is 0 Å². The van der Waals surface area contributed by atoms with E-state index in [1.54, 1.807) is 18.0 Å². The molecule has 0 spiro atoms. The van der Waals surface area contributed by atoms with Gasteiger partial charge < -0.3 is 19.7 Å². The van der Waals surface area contributed by atoms with Gasteiger partial charge in [0.25, 0.3) is 5.91 Å². The molecule has 37 heavy (non-hydrogen) atoms. The van der Waals surface area contributed by atoms with E-state index in [1.807, 2.05) is 60.7 Å². The van der Waals surface area contributed by atoms with Crippen molar-refractivity contribution in [2.45, 2.75) is 25.5 Å². The fraction of sp³-hybridized carbons (Fsp3) is 0.276. The molecule has 1 aromatic heterocycles. The molecule has 190 valence electrons. The number of methoxy groups -OCH3 is 1. The van der Waals surface area contributed by atoms with E-state index in [2.05, 4.69) is 39.7 Å². The second-order valence-electron chi connectivity index (χ2n) is 9.33. The van der Waals surface area contributed by atoms with Crippen molar-refractivity contribution < 1.29 is 14.3 Å². The van der Waals surface area contributed by atoms with Crippen LogP contribution in [-0.4, -0.2) is 59.2 Å². The van der Waals surface area contributed by atoms with Crippen LogP contribution in [0.25, 0.3) is 11.1 Å². The van der Waals surface area contributed by atoms with Gasteiger partial charge >= 0.3 is 0 Å². The minimum atomic E-state index is -0.302. The van der Waals surface area contributed by atoms with Gasteiger partial charge in [-0.15, -0.1) is 5.10 Å². The molecule has 1 aliphatic heterocycles. The number of hydrogen-bond acceptors (Lipinski definition) is 6. The SMILES string of the molecule is COc1ccc(Cn2cc(C(=O)Nc3ccc(-c4ccc(OC5CCN(C)CC5)cc4)cc3)nn2)cc1. The summed E-state index contributed by atoms with van der Waals surface area (Å²) in [7, 11) is 3.78. The minimum absolute atomic E-state index is 0.262. The third kappa shape index (κ3) is 6.34. The number of carbonyl (C=O) groups is 1. The van der Waals surface area contributed by atoms with Crippen LogP contribution in [0.3, 0.4) is 0 Å². The Labute approximate surface area is 216 Å². The summed E-state index contributed by atoms with van der Waals surface area (Å²) >= 11 is 0. The molecule has 0 bridgehead atoms. The molecule has 3 aromatic carbocycles. The van der Waals surface area contributed by atoms with Gasteiger partial charge in [0.15, 0.2) is 5.69 Å². The molecule has 1 aliphatic rings. The van der Waals surface area contributed by atoms with E-state index < -0.39 is 0 Å². The highest BCUT2D eigenvalue weighted by Crippen LogP contribution is 2.26. The second kappa shape index (κ2) is 11.3. The first-order valence-corrected chi connectivity index (χ1v) is 12.5. The molecule has 1 saturated heterocycles. The van der Waals surface area contributed by atoms with Gasteiger partial charge in [0.2, 0.25) is 0 Å². The van der Waals surface area contributed by atoms with Crippen molar-refractivity contribution in [3.05, 3.63) is 90.3 Å². The number of likely N-dealkylation sites (tertiary alicyclic amines) is 1. The van der Waals surface area contributed by atoms with Crippen LogP contribution in [0.1, 0.15) is 28.9 Å². The number of nitrogens with zero attached hydrogens (tertiary/aromatic N) is 4. The third-order valence-corrected chi connectivity index (χ3v) is 6.57. The number of ether oxygens (including phenoxy) is 2. The molecule has 1 fully saturated rings. The molecule has 8 heteroatoms. The zero-order chi connectivity index (χ0) is 25.6. The summed E-state index contributed by atoms with van der Waals surface area (Å²) in [5.41, 5.74) is 4.15. The van der Waals surface area contributed by atoms with E-state index in [0.717, 1.165) is 54.1 Å². The maximum absolute atomic E-state index is 12.7. The highest BCUT2D eigenvalue weighted by Gasteiger charge is 2.18.